The summed E-state index contributed by atoms with van der Waals surface area (Å²) in [4.78, 5) is 27.3. The number of aryl methyl sites for hydroxylation is 1. The zero-order chi connectivity index (χ0) is 25.6. The van der Waals surface area contributed by atoms with Gasteiger partial charge in [0.2, 0.25) is 0 Å². The highest BCUT2D eigenvalue weighted by atomic mass is 79.9. The summed E-state index contributed by atoms with van der Waals surface area (Å²) in [7, 11) is 0. The smallest absolute Gasteiger partial charge is 0.410 e. The van der Waals surface area contributed by atoms with E-state index in [0.717, 1.165) is 11.0 Å². The Labute approximate surface area is 215 Å². The maximum atomic E-state index is 14.7. The normalized spacial score (nSPS) is 17.6. The molecule has 0 bridgehead atoms. The number of carbonyl (C=O) groups is 2. The van der Waals surface area contributed by atoms with Crippen LogP contribution in [-0.2, 0) is 21.8 Å². The third-order valence-corrected chi connectivity index (χ3v) is 7.02. The molecule has 10 heteroatoms. The first-order chi connectivity index (χ1) is 16.6. The molecule has 190 valence electrons. The predicted octanol–water partition coefficient (Wildman–Crippen LogP) is 5.93. The summed E-state index contributed by atoms with van der Waals surface area (Å²) in [5.74, 6) is -3.85. The van der Waals surface area contributed by atoms with Gasteiger partial charge in [-0.05, 0) is 51.0 Å². The molecular formula is C25H28BrF2NO5S. The molecule has 0 saturated carbocycles. The van der Waals surface area contributed by atoms with E-state index >= 15 is 0 Å². The van der Waals surface area contributed by atoms with Crippen LogP contribution in [0.1, 0.15) is 46.8 Å². The molecule has 0 aliphatic carbocycles. The number of thiophene rings is 1. The van der Waals surface area contributed by atoms with Crippen molar-refractivity contribution in [2.75, 3.05) is 13.2 Å². The van der Waals surface area contributed by atoms with Crippen LogP contribution >= 0.6 is 27.3 Å². The summed E-state index contributed by atoms with van der Waals surface area (Å²) < 4.78 is 40.3. The van der Waals surface area contributed by atoms with Crippen LogP contribution in [0.15, 0.2) is 53.0 Å². The Balaban J connectivity index is 1.60. The molecule has 1 aliphatic rings. The van der Waals surface area contributed by atoms with E-state index in [2.05, 4.69) is 15.9 Å². The van der Waals surface area contributed by atoms with Crippen LogP contribution in [0.2, 0.25) is 0 Å². The molecule has 2 aromatic rings. The SMILES string of the molecule is CC(C)OC(=O)c1ccc(CCCN2C(=O)OCC[C@@H]2C=CC(O)C(F)(F)c2cccc(Br)c2)s1. The van der Waals surface area contributed by atoms with Crippen LogP contribution in [0.5, 0.6) is 0 Å². The molecule has 3 rings (SSSR count). The second kappa shape index (κ2) is 12.1. The molecule has 6 nitrogen and oxygen atoms in total. The fourth-order valence-corrected chi connectivity index (χ4v) is 4.97. The maximum Gasteiger partial charge on any atom is 0.410 e. The lowest BCUT2D eigenvalue weighted by atomic mass is 10.0. The number of halogens is 3. The quantitative estimate of drug-likeness (QED) is 0.282. The average molecular weight is 572 g/mol. The van der Waals surface area contributed by atoms with Gasteiger partial charge < -0.3 is 19.5 Å². The molecule has 0 radical (unpaired) electrons. The van der Waals surface area contributed by atoms with Crippen molar-refractivity contribution in [3.8, 4) is 0 Å². The van der Waals surface area contributed by atoms with Crippen molar-refractivity contribution in [3.63, 3.8) is 0 Å². The highest BCUT2D eigenvalue weighted by molar-refractivity contribution is 9.10. The number of esters is 1. The van der Waals surface area contributed by atoms with Crippen molar-refractivity contribution in [2.45, 2.75) is 57.3 Å². The van der Waals surface area contributed by atoms with Gasteiger partial charge in [0.15, 0.2) is 0 Å². The Morgan fingerprint density at radius 3 is 2.86 bits per heavy atom. The highest BCUT2D eigenvalue weighted by Crippen LogP contribution is 2.34. The van der Waals surface area contributed by atoms with Gasteiger partial charge in [-0.1, -0.05) is 40.2 Å². The molecule has 35 heavy (non-hydrogen) atoms. The summed E-state index contributed by atoms with van der Waals surface area (Å²) in [6.45, 7) is 4.09. The predicted molar refractivity (Wildman–Crippen MR) is 133 cm³/mol. The molecule has 1 fully saturated rings. The fraction of sp³-hybridized carbons (Fsp3) is 0.440. The van der Waals surface area contributed by atoms with Gasteiger partial charge in [-0.3, -0.25) is 0 Å². The first-order valence-corrected chi connectivity index (χ1v) is 12.9. The van der Waals surface area contributed by atoms with Gasteiger partial charge in [-0.25, -0.2) is 9.59 Å². The second-order valence-electron chi connectivity index (χ2n) is 8.45. The van der Waals surface area contributed by atoms with Gasteiger partial charge in [-0.2, -0.15) is 8.78 Å². The average Bonchev–Trinajstić information content (AvgIpc) is 3.27. The molecule has 1 saturated heterocycles. The Hall–Kier alpha value is -2.30. The zero-order valence-electron chi connectivity index (χ0n) is 19.5. The van der Waals surface area contributed by atoms with Crippen LogP contribution in [0, 0.1) is 0 Å². The molecule has 1 aliphatic heterocycles. The number of carbonyl (C=O) groups excluding carboxylic acids is 2. The van der Waals surface area contributed by atoms with Crippen LogP contribution in [0.4, 0.5) is 13.6 Å². The van der Waals surface area contributed by atoms with E-state index in [4.69, 9.17) is 9.47 Å². The number of ether oxygens (including phenoxy) is 2. The molecule has 0 spiro atoms. The van der Waals surface area contributed by atoms with Crippen molar-refractivity contribution in [1.82, 2.24) is 4.90 Å². The molecule has 1 aromatic heterocycles. The first kappa shape index (κ1) is 27.3. The Kier molecular flexibility index (Phi) is 9.43. The van der Waals surface area contributed by atoms with Gasteiger partial charge in [0, 0.05) is 27.9 Å². The van der Waals surface area contributed by atoms with Gasteiger partial charge >= 0.3 is 18.0 Å². The van der Waals surface area contributed by atoms with Crippen LogP contribution < -0.4 is 0 Å². The third-order valence-electron chi connectivity index (χ3n) is 5.40. The number of aliphatic hydroxyl groups excluding tert-OH is 1. The molecule has 1 amide bonds. The minimum absolute atomic E-state index is 0.175. The number of benzene rings is 1. The summed E-state index contributed by atoms with van der Waals surface area (Å²) in [5.41, 5.74) is -0.309. The molecular weight excluding hydrogens is 544 g/mol. The lowest BCUT2D eigenvalue weighted by Crippen LogP contribution is -2.45. The van der Waals surface area contributed by atoms with Gasteiger partial charge in [0.1, 0.15) is 11.0 Å². The molecule has 1 unspecified atom stereocenters. The van der Waals surface area contributed by atoms with Crippen molar-refractivity contribution in [1.29, 1.82) is 0 Å². The number of hydrogen-bond donors (Lipinski definition) is 1. The van der Waals surface area contributed by atoms with Crippen molar-refractivity contribution in [3.05, 3.63) is 68.3 Å². The summed E-state index contributed by atoms with van der Waals surface area (Å²) in [5, 5.41) is 10.2. The number of rotatable bonds is 10. The minimum atomic E-state index is -3.49. The summed E-state index contributed by atoms with van der Waals surface area (Å²) >= 11 is 4.51. The van der Waals surface area contributed by atoms with Gasteiger partial charge in [0.25, 0.3) is 0 Å². The number of cyclic esters (lactones) is 1. The number of nitrogens with zero attached hydrogens (tertiary/aromatic N) is 1. The fourth-order valence-electron chi connectivity index (χ4n) is 3.64. The summed E-state index contributed by atoms with van der Waals surface area (Å²) in [6.07, 6.45) is 1.38. The van der Waals surface area contributed by atoms with E-state index in [9.17, 15) is 23.5 Å². The largest absolute Gasteiger partial charge is 0.459 e. The van der Waals surface area contributed by atoms with E-state index in [1.54, 1.807) is 26.0 Å². The lowest BCUT2D eigenvalue weighted by molar-refractivity contribution is -0.0930. The monoisotopic (exact) mass is 571 g/mol. The molecule has 2 atom stereocenters. The number of aliphatic hydroxyl groups is 1. The van der Waals surface area contributed by atoms with Gasteiger partial charge in [0.05, 0.1) is 18.8 Å². The van der Waals surface area contributed by atoms with Crippen molar-refractivity contribution >= 4 is 39.3 Å². The van der Waals surface area contributed by atoms with Crippen LogP contribution in [0.25, 0.3) is 0 Å². The van der Waals surface area contributed by atoms with Crippen molar-refractivity contribution in [2.24, 2.45) is 0 Å². The first-order valence-electron chi connectivity index (χ1n) is 11.3. The molecule has 1 N–H and O–H groups in total. The van der Waals surface area contributed by atoms with E-state index in [-0.39, 0.29) is 24.2 Å². The third kappa shape index (κ3) is 7.35. The van der Waals surface area contributed by atoms with Gasteiger partial charge in [-0.15, -0.1) is 11.3 Å². The van der Waals surface area contributed by atoms with Crippen molar-refractivity contribution < 1.29 is 33.0 Å². The van der Waals surface area contributed by atoms with E-state index in [0.29, 0.717) is 35.2 Å². The maximum absolute atomic E-state index is 14.7. The lowest BCUT2D eigenvalue weighted by Gasteiger charge is -2.33. The number of alkyl halides is 2. The number of amides is 1. The summed E-state index contributed by atoms with van der Waals surface area (Å²) in [6, 6.07) is 8.73. The molecule has 2 heterocycles. The minimum Gasteiger partial charge on any atom is -0.459 e. The van der Waals surface area contributed by atoms with E-state index in [1.807, 2.05) is 6.07 Å². The highest BCUT2D eigenvalue weighted by Gasteiger charge is 2.39. The Bertz CT molecular complexity index is 1060. The second-order valence-corrected chi connectivity index (χ2v) is 10.5. The Morgan fingerprint density at radius 1 is 1.37 bits per heavy atom. The number of hydrogen-bond acceptors (Lipinski definition) is 6. The van der Waals surface area contributed by atoms with E-state index in [1.165, 1.54) is 40.5 Å². The standard InChI is InChI=1S/C25H28BrF2NO5S/c1-16(2)34-23(31)21-10-9-20(35-21)7-4-13-29-19(12-14-33-24(29)32)8-11-22(30)25(27,28)17-5-3-6-18(26)15-17/h3,5-6,8-11,15-16,19,22,30H,4,7,12-14H2,1-2H3/t19-,22?/m0/s1. The zero-order valence-corrected chi connectivity index (χ0v) is 21.9. The van der Waals surface area contributed by atoms with Crippen LogP contribution in [-0.4, -0.2) is 53.5 Å². The molecule has 1 aromatic carbocycles. The van der Waals surface area contributed by atoms with Crippen LogP contribution in [0.3, 0.4) is 0 Å². The topological polar surface area (TPSA) is 76.1 Å². The van der Waals surface area contributed by atoms with E-state index < -0.39 is 24.2 Å². The Morgan fingerprint density at radius 2 is 2.14 bits per heavy atom.